The summed E-state index contributed by atoms with van der Waals surface area (Å²) >= 11 is 5.24. The van der Waals surface area contributed by atoms with Gasteiger partial charge in [-0.1, -0.05) is 64.1 Å². The number of hydrogen-bond acceptors (Lipinski definition) is 4. The number of aromatic nitrogens is 3. The molecular formula is C19H18BrN3OS. The quantitative estimate of drug-likeness (QED) is 0.392. The summed E-state index contributed by atoms with van der Waals surface area (Å²) in [4.78, 5) is 0. The summed E-state index contributed by atoms with van der Waals surface area (Å²) in [5.74, 6) is 2.37. The first kappa shape index (κ1) is 17.8. The van der Waals surface area contributed by atoms with Crippen molar-refractivity contribution in [2.45, 2.75) is 17.5 Å². The maximum atomic E-state index is 5.47. The van der Waals surface area contributed by atoms with E-state index in [0.29, 0.717) is 6.54 Å². The topological polar surface area (TPSA) is 39.9 Å². The zero-order chi connectivity index (χ0) is 17.6. The van der Waals surface area contributed by atoms with Crippen molar-refractivity contribution >= 4 is 27.7 Å². The number of para-hydroxylation sites is 1. The van der Waals surface area contributed by atoms with Crippen LogP contribution in [0.5, 0.6) is 5.75 Å². The molecule has 1 aromatic heterocycles. The molecule has 128 valence electrons. The van der Waals surface area contributed by atoms with Crippen molar-refractivity contribution in [1.82, 2.24) is 14.8 Å². The fourth-order valence-corrected chi connectivity index (χ4v) is 4.04. The summed E-state index contributed by atoms with van der Waals surface area (Å²) in [6.07, 6.45) is 1.85. The summed E-state index contributed by atoms with van der Waals surface area (Å²) in [6.45, 7) is 4.50. The summed E-state index contributed by atoms with van der Waals surface area (Å²) in [6, 6.07) is 16.0. The molecule has 0 spiro atoms. The fourth-order valence-electron chi connectivity index (χ4n) is 2.48. The van der Waals surface area contributed by atoms with Crippen LogP contribution in [0.15, 0.2) is 70.8 Å². The molecule has 0 bridgehead atoms. The third kappa shape index (κ3) is 3.96. The second-order valence-electron chi connectivity index (χ2n) is 5.29. The lowest BCUT2D eigenvalue weighted by atomic mass is 10.2. The van der Waals surface area contributed by atoms with Crippen LogP contribution in [-0.2, 0) is 12.3 Å². The largest absolute Gasteiger partial charge is 0.496 e. The van der Waals surface area contributed by atoms with Crippen molar-refractivity contribution < 1.29 is 4.74 Å². The van der Waals surface area contributed by atoms with Crippen LogP contribution < -0.4 is 4.74 Å². The van der Waals surface area contributed by atoms with Crippen molar-refractivity contribution in [1.29, 1.82) is 0 Å². The molecule has 0 N–H and O–H groups in total. The molecule has 0 aliphatic carbocycles. The van der Waals surface area contributed by atoms with Gasteiger partial charge < -0.3 is 4.74 Å². The van der Waals surface area contributed by atoms with Crippen LogP contribution in [0, 0.1) is 0 Å². The summed E-state index contributed by atoms with van der Waals surface area (Å²) in [5, 5.41) is 9.65. The van der Waals surface area contributed by atoms with Gasteiger partial charge in [-0.25, -0.2) is 0 Å². The van der Waals surface area contributed by atoms with Crippen molar-refractivity contribution in [2.75, 3.05) is 7.11 Å². The highest BCUT2D eigenvalue weighted by Crippen LogP contribution is 2.32. The minimum Gasteiger partial charge on any atom is -0.496 e. The molecular weight excluding hydrogens is 398 g/mol. The van der Waals surface area contributed by atoms with Gasteiger partial charge in [0.25, 0.3) is 0 Å². The molecule has 3 rings (SSSR count). The molecule has 0 unspecified atom stereocenters. The van der Waals surface area contributed by atoms with E-state index in [0.717, 1.165) is 32.5 Å². The average Bonchev–Trinajstić information content (AvgIpc) is 3.04. The molecule has 0 fully saturated rings. The summed E-state index contributed by atoms with van der Waals surface area (Å²) < 4.78 is 8.63. The van der Waals surface area contributed by atoms with E-state index in [2.05, 4.69) is 43.3 Å². The predicted octanol–water partition coefficient (Wildman–Crippen LogP) is 5.19. The molecule has 2 aromatic carbocycles. The van der Waals surface area contributed by atoms with E-state index in [1.54, 1.807) is 18.9 Å². The van der Waals surface area contributed by atoms with Crippen molar-refractivity contribution in [3.63, 3.8) is 0 Å². The highest BCUT2D eigenvalue weighted by Gasteiger charge is 2.17. The molecule has 0 aliphatic heterocycles. The standard InChI is InChI=1S/C19H18BrN3OS/c1-3-12-23-18(15-9-5-7-11-17(15)24-2)21-22-19(23)25-13-14-8-4-6-10-16(14)20/h3-11H,1,12-13H2,2H3. The predicted molar refractivity (Wildman–Crippen MR) is 106 cm³/mol. The Hall–Kier alpha value is -2.05. The Kier molecular flexibility index (Phi) is 5.94. The lowest BCUT2D eigenvalue weighted by Gasteiger charge is -2.10. The van der Waals surface area contributed by atoms with Gasteiger partial charge in [-0.2, -0.15) is 0 Å². The SMILES string of the molecule is C=CCn1c(SCc2ccccc2Br)nnc1-c1ccccc1OC. The lowest BCUT2D eigenvalue weighted by molar-refractivity contribution is 0.416. The van der Waals surface area contributed by atoms with E-state index in [-0.39, 0.29) is 0 Å². The maximum Gasteiger partial charge on any atom is 0.192 e. The number of rotatable bonds is 7. The molecule has 0 saturated heterocycles. The van der Waals surface area contributed by atoms with Gasteiger partial charge in [0, 0.05) is 16.8 Å². The third-order valence-corrected chi connectivity index (χ3v) is 5.48. The number of benzene rings is 2. The van der Waals surface area contributed by atoms with Gasteiger partial charge in [0.1, 0.15) is 5.75 Å². The Morgan fingerprint density at radius 1 is 1.16 bits per heavy atom. The average molecular weight is 416 g/mol. The number of hydrogen-bond donors (Lipinski definition) is 0. The number of halogens is 1. The van der Waals surface area contributed by atoms with E-state index >= 15 is 0 Å². The zero-order valence-electron chi connectivity index (χ0n) is 13.9. The van der Waals surface area contributed by atoms with Gasteiger partial charge in [0.15, 0.2) is 11.0 Å². The highest BCUT2D eigenvalue weighted by molar-refractivity contribution is 9.10. The maximum absolute atomic E-state index is 5.47. The van der Waals surface area contributed by atoms with E-state index in [4.69, 9.17) is 4.74 Å². The van der Waals surface area contributed by atoms with Gasteiger partial charge in [0.2, 0.25) is 0 Å². The first-order valence-corrected chi connectivity index (χ1v) is 9.56. The Morgan fingerprint density at radius 2 is 1.92 bits per heavy atom. The Bertz CT molecular complexity index is 879. The normalized spacial score (nSPS) is 10.6. The van der Waals surface area contributed by atoms with Crippen LogP contribution in [0.2, 0.25) is 0 Å². The van der Waals surface area contributed by atoms with E-state index in [9.17, 15) is 0 Å². The minimum absolute atomic E-state index is 0.638. The first-order chi connectivity index (χ1) is 12.2. The van der Waals surface area contributed by atoms with Crippen LogP contribution in [0.25, 0.3) is 11.4 Å². The molecule has 6 heteroatoms. The van der Waals surface area contributed by atoms with Crippen LogP contribution >= 0.6 is 27.7 Å². The minimum atomic E-state index is 0.638. The highest BCUT2D eigenvalue weighted by atomic mass is 79.9. The van der Waals surface area contributed by atoms with Crippen molar-refractivity contribution in [2.24, 2.45) is 0 Å². The molecule has 1 heterocycles. The van der Waals surface area contributed by atoms with Gasteiger partial charge in [0.05, 0.1) is 12.7 Å². The Morgan fingerprint density at radius 3 is 2.68 bits per heavy atom. The Balaban J connectivity index is 1.92. The van der Waals surface area contributed by atoms with Gasteiger partial charge >= 0.3 is 0 Å². The van der Waals surface area contributed by atoms with E-state index in [1.807, 2.05) is 48.5 Å². The second-order valence-corrected chi connectivity index (χ2v) is 7.08. The first-order valence-electron chi connectivity index (χ1n) is 7.78. The van der Waals surface area contributed by atoms with Crippen LogP contribution in [-0.4, -0.2) is 21.9 Å². The molecule has 0 saturated carbocycles. The lowest BCUT2D eigenvalue weighted by Crippen LogP contribution is -2.01. The number of allylic oxidation sites excluding steroid dienone is 1. The Labute approximate surface area is 160 Å². The third-order valence-electron chi connectivity index (χ3n) is 3.69. The monoisotopic (exact) mass is 415 g/mol. The molecule has 0 radical (unpaired) electrons. The summed E-state index contributed by atoms with van der Waals surface area (Å²) in [7, 11) is 1.66. The number of nitrogens with zero attached hydrogens (tertiary/aromatic N) is 3. The molecule has 0 aliphatic rings. The van der Waals surface area contributed by atoms with E-state index in [1.165, 1.54) is 5.56 Å². The van der Waals surface area contributed by atoms with Crippen LogP contribution in [0.4, 0.5) is 0 Å². The second kappa shape index (κ2) is 8.36. The molecule has 4 nitrogen and oxygen atoms in total. The van der Waals surface area contributed by atoms with Crippen LogP contribution in [0.1, 0.15) is 5.56 Å². The van der Waals surface area contributed by atoms with Gasteiger partial charge in [-0.05, 0) is 23.8 Å². The van der Waals surface area contributed by atoms with Crippen LogP contribution in [0.3, 0.4) is 0 Å². The smallest absolute Gasteiger partial charge is 0.192 e. The fraction of sp³-hybridized carbons (Fsp3) is 0.158. The molecule has 25 heavy (non-hydrogen) atoms. The molecule has 3 aromatic rings. The molecule has 0 amide bonds. The van der Waals surface area contributed by atoms with Crippen molar-refractivity contribution in [3.8, 4) is 17.1 Å². The number of methoxy groups -OCH3 is 1. The van der Waals surface area contributed by atoms with Gasteiger partial charge in [-0.15, -0.1) is 16.8 Å². The molecule has 0 atom stereocenters. The number of thioether (sulfide) groups is 1. The van der Waals surface area contributed by atoms with E-state index < -0.39 is 0 Å². The zero-order valence-corrected chi connectivity index (χ0v) is 16.3. The van der Waals surface area contributed by atoms with Crippen molar-refractivity contribution in [3.05, 3.63) is 71.2 Å². The van der Waals surface area contributed by atoms with Gasteiger partial charge in [-0.3, -0.25) is 4.57 Å². The summed E-state index contributed by atoms with van der Waals surface area (Å²) in [5.41, 5.74) is 2.14. The number of ether oxygens (including phenoxy) is 1.